The summed E-state index contributed by atoms with van der Waals surface area (Å²) >= 11 is 0.864. The zero-order valence-corrected chi connectivity index (χ0v) is 14.2. The Bertz CT molecular complexity index is 740. The molecule has 2 amide bonds. The summed E-state index contributed by atoms with van der Waals surface area (Å²) in [4.78, 5) is 23.4. The highest BCUT2D eigenvalue weighted by molar-refractivity contribution is 8.00. The summed E-state index contributed by atoms with van der Waals surface area (Å²) in [6.07, 6.45) is 0.447. The molecule has 0 radical (unpaired) electrons. The lowest BCUT2D eigenvalue weighted by atomic mass is 10.1. The van der Waals surface area contributed by atoms with Gasteiger partial charge >= 0.3 is 0 Å². The first kappa shape index (κ1) is 18.7. The second-order valence-corrected chi connectivity index (χ2v) is 8.68. The topological polar surface area (TPSA) is 92.3 Å². The normalized spacial score (nSPS) is 19.0. The molecule has 1 atom stereocenters. The third kappa shape index (κ3) is 5.75. The first-order valence-corrected chi connectivity index (χ1v) is 9.92. The van der Waals surface area contributed by atoms with Crippen molar-refractivity contribution in [1.29, 1.82) is 0 Å². The van der Waals surface area contributed by atoms with Crippen molar-refractivity contribution in [2.45, 2.75) is 17.7 Å². The Hall–Kier alpha value is -1.68. The number of carbonyl (C=O) groups excluding carboxylic acids is 2. The van der Waals surface area contributed by atoms with Crippen molar-refractivity contribution < 1.29 is 26.8 Å². The van der Waals surface area contributed by atoms with Gasteiger partial charge in [-0.15, -0.1) is 11.8 Å². The van der Waals surface area contributed by atoms with Crippen molar-refractivity contribution in [2.75, 3.05) is 17.3 Å². The van der Waals surface area contributed by atoms with Crippen LogP contribution in [0.25, 0.3) is 0 Å². The maximum atomic E-state index is 13.4. The minimum atomic E-state index is -3.05. The average Bonchev–Trinajstić information content (AvgIpc) is 2.83. The molecule has 2 rings (SSSR count). The molecule has 1 aliphatic rings. The molecule has 1 aromatic rings. The molecule has 1 aromatic carbocycles. The van der Waals surface area contributed by atoms with Crippen LogP contribution in [0.2, 0.25) is 0 Å². The lowest BCUT2D eigenvalue weighted by molar-refractivity contribution is -0.128. The molecular formula is C14H16F2N2O4S2. The first-order chi connectivity index (χ1) is 11.2. The van der Waals surface area contributed by atoms with E-state index >= 15 is 0 Å². The van der Waals surface area contributed by atoms with Gasteiger partial charge in [-0.05, 0) is 24.5 Å². The van der Waals surface area contributed by atoms with Crippen molar-refractivity contribution in [3.05, 3.63) is 29.8 Å². The molecule has 1 aliphatic heterocycles. The van der Waals surface area contributed by atoms with E-state index in [2.05, 4.69) is 10.9 Å². The SMILES string of the molecule is O=C(CSc1ccc(F)cc1F)NNC(=O)C[C@H]1CCS(=O)(=O)C1. The van der Waals surface area contributed by atoms with Crippen LogP contribution >= 0.6 is 11.8 Å². The molecule has 0 spiro atoms. The van der Waals surface area contributed by atoms with Crippen LogP contribution in [0.15, 0.2) is 23.1 Å². The maximum absolute atomic E-state index is 13.4. The molecule has 0 bridgehead atoms. The van der Waals surface area contributed by atoms with Crippen LogP contribution in [-0.4, -0.2) is 37.5 Å². The first-order valence-electron chi connectivity index (χ1n) is 7.11. The molecule has 10 heteroatoms. The third-order valence-electron chi connectivity index (χ3n) is 3.39. The van der Waals surface area contributed by atoms with Gasteiger partial charge in [0.05, 0.1) is 17.3 Å². The number of benzene rings is 1. The highest BCUT2D eigenvalue weighted by Crippen LogP contribution is 2.22. The number of amides is 2. The number of hydrogen-bond donors (Lipinski definition) is 2. The van der Waals surface area contributed by atoms with Gasteiger partial charge in [-0.2, -0.15) is 0 Å². The summed E-state index contributed by atoms with van der Waals surface area (Å²) in [6.45, 7) is 0. The fourth-order valence-corrected chi connectivity index (χ4v) is 4.84. The fraction of sp³-hybridized carbons (Fsp3) is 0.429. The zero-order chi connectivity index (χ0) is 17.7. The lowest BCUT2D eigenvalue weighted by Crippen LogP contribution is -2.43. The Morgan fingerprint density at radius 2 is 1.92 bits per heavy atom. The van der Waals surface area contributed by atoms with E-state index in [0.717, 1.165) is 23.9 Å². The third-order valence-corrected chi connectivity index (χ3v) is 6.28. The van der Waals surface area contributed by atoms with E-state index in [0.29, 0.717) is 6.42 Å². The lowest BCUT2D eigenvalue weighted by Gasteiger charge is -2.10. The number of hydrazine groups is 1. The van der Waals surface area contributed by atoms with Crippen LogP contribution in [0.4, 0.5) is 8.78 Å². The monoisotopic (exact) mass is 378 g/mol. The van der Waals surface area contributed by atoms with E-state index in [-0.39, 0.29) is 34.5 Å². The maximum Gasteiger partial charge on any atom is 0.248 e. The molecule has 0 saturated carbocycles. The van der Waals surface area contributed by atoms with Gasteiger partial charge < -0.3 is 0 Å². The Morgan fingerprint density at radius 3 is 2.54 bits per heavy atom. The molecule has 1 saturated heterocycles. The van der Waals surface area contributed by atoms with Gasteiger partial charge in [0.1, 0.15) is 11.6 Å². The second kappa shape index (κ2) is 7.93. The van der Waals surface area contributed by atoms with E-state index in [1.165, 1.54) is 6.07 Å². The van der Waals surface area contributed by atoms with Crippen molar-refractivity contribution >= 4 is 33.4 Å². The molecule has 6 nitrogen and oxygen atoms in total. The van der Waals surface area contributed by atoms with Crippen molar-refractivity contribution in [3.8, 4) is 0 Å². The van der Waals surface area contributed by atoms with Crippen LogP contribution in [0.3, 0.4) is 0 Å². The number of hydrogen-bond acceptors (Lipinski definition) is 5. The van der Waals surface area contributed by atoms with Crippen molar-refractivity contribution in [3.63, 3.8) is 0 Å². The van der Waals surface area contributed by atoms with E-state index in [1.807, 2.05) is 0 Å². The highest BCUT2D eigenvalue weighted by atomic mass is 32.2. The van der Waals surface area contributed by atoms with Gasteiger partial charge in [-0.1, -0.05) is 0 Å². The number of rotatable bonds is 5. The number of carbonyl (C=O) groups is 2. The summed E-state index contributed by atoms with van der Waals surface area (Å²) in [5, 5.41) is 0. The molecule has 0 aliphatic carbocycles. The Morgan fingerprint density at radius 1 is 1.21 bits per heavy atom. The Balaban J connectivity index is 1.70. The highest BCUT2D eigenvalue weighted by Gasteiger charge is 2.29. The quantitative estimate of drug-likeness (QED) is 0.590. The second-order valence-electron chi connectivity index (χ2n) is 5.43. The number of halogens is 2. The minimum absolute atomic E-state index is 0.0131. The molecule has 2 N–H and O–H groups in total. The predicted octanol–water partition coefficient (Wildman–Crippen LogP) is 1.03. The Labute approximate surface area is 142 Å². The Kier molecular flexibility index (Phi) is 6.16. The van der Waals surface area contributed by atoms with Crippen LogP contribution in [0.5, 0.6) is 0 Å². The molecule has 1 fully saturated rings. The zero-order valence-electron chi connectivity index (χ0n) is 12.6. The minimum Gasteiger partial charge on any atom is -0.273 e. The summed E-state index contributed by atoms with van der Waals surface area (Å²) < 4.78 is 48.7. The molecular weight excluding hydrogens is 362 g/mol. The largest absolute Gasteiger partial charge is 0.273 e. The molecule has 1 heterocycles. The van der Waals surface area contributed by atoms with Gasteiger partial charge in [0.25, 0.3) is 0 Å². The molecule has 24 heavy (non-hydrogen) atoms. The van der Waals surface area contributed by atoms with E-state index in [9.17, 15) is 26.8 Å². The number of thioether (sulfide) groups is 1. The van der Waals surface area contributed by atoms with E-state index < -0.39 is 33.3 Å². The van der Waals surface area contributed by atoms with Crippen LogP contribution in [0, 0.1) is 17.6 Å². The van der Waals surface area contributed by atoms with Gasteiger partial charge in [-0.3, -0.25) is 20.4 Å². The number of nitrogens with one attached hydrogen (secondary N) is 2. The van der Waals surface area contributed by atoms with Gasteiger partial charge in [0.15, 0.2) is 9.84 Å². The van der Waals surface area contributed by atoms with Gasteiger partial charge in [0.2, 0.25) is 11.8 Å². The number of sulfone groups is 1. The summed E-state index contributed by atoms with van der Waals surface area (Å²) in [5.74, 6) is -2.86. The molecule has 132 valence electrons. The van der Waals surface area contributed by atoms with Crippen LogP contribution in [-0.2, 0) is 19.4 Å². The van der Waals surface area contributed by atoms with E-state index in [1.54, 1.807) is 0 Å². The smallest absolute Gasteiger partial charge is 0.248 e. The summed E-state index contributed by atoms with van der Waals surface area (Å²) in [6, 6.07) is 3.03. The van der Waals surface area contributed by atoms with Crippen LogP contribution < -0.4 is 10.9 Å². The van der Waals surface area contributed by atoms with Gasteiger partial charge in [0, 0.05) is 17.4 Å². The van der Waals surface area contributed by atoms with Crippen molar-refractivity contribution in [2.24, 2.45) is 5.92 Å². The molecule has 0 unspecified atom stereocenters. The predicted molar refractivity (Wildman–Crippen MR) is 84.7 cm³/mol. The summed E-state index contributed by atoms with van der Waals surface area (Å²) in [7, 11) is -3.05. The van der Waals surface area contributed by atoms with Gasteiger partial charge in [-0.25, -0.2) is 17.2 Å². The average molecular weight is 378 g/mol. The summed E-state index contributed by atoms with van der Waals surface area (Å²) in [5.41, 5.74) is 4.37. The standard InChI is InChI=1S/C14H16F2N2O4S2/c15-10-1-2-12(11(16)6-10)23-7-14(20)18-17-13(19)5-9-3-4-24(21,22)8-9/h1-2,6,9H,3-5,7-8H2,(H,17,19)(H,18,20)/t9-/m1/s1. The van der Waals surface area contributed by atoms with Crippen molar-refractivity contribution in [1.82, 2.24) is 10.9 Å². The fourth-order valence-electron chi connectivity index (χ4n) is 2.26. The molecule has 0 aromatic heterocycles. The van der Waals surface area contributed by atoms with Crippen LogP contribution in [0.1, 0.15) is 12.8 Å². The van der Waals surface area contributed by atoms with E-state index in [4.69, 9.17) is 0 Å².